The summed E-state index contributed by atoms with van der Waals surface area (Å²) < 4.78 is 5.94. The number of amides is 1. The molecule has 1 saturated carbocycles. The first-order chi connectivity index (χ1) is 12.1. The van der Waals surface area contributed by atoms with Gasteiger partial charge in [-0.15, -0.1) is 0 Å². The Morgan fingerprint density at radius 3 is 2.56 bits per heavy atom. The summed E-state index contributed by atoms with van der Waals surface area (Å²) in [5.74, 6) is 0.590. The van der Waals surface area contributed by atoms with Crippen molar-refractivity contribution in [2.45, 2.75) is 38.2 Å². The third-order valence-electron chi connectivity index (χ3n) is 4.23. The monoisotopic (exact) mass is 340 g/mol. The van der Waals surface area contributed by atoms with E-state index in [1.54, 1.807) is 12.1 Å². The minimum atomic E-state index is -0.459. The number of rotatable bonds is 6. The summed E-state index contributed by atoms with van der Waals surface area (Å²) in [6.07, 6.45) is 5.00. The molecule has 1 aliphatic carbocycles. The van der Waals surface area contributed by atoms with E-state index in [2.05, 4.69) is 5.32 Å². The van der Waals surface area contributed by atoms with Crippen molar-refractivity contribution in [1.82, 2.24) is 0 Å². The lowest BCUT2D eigenvalue weighted by Crippen LogP contribution is -2.15. The number of ether oxygens (including phenoxy) is 1. The van der Waals surface area contributed by atoms with Crippen LogP contribution in [-0.4, -0.2) is 16.9 Å². The second kappa shape index (κ2) is 7.79. The van der Waals surface area contributed by atoms with E-state index in [1.165, 1.54) is 25.0 Å². The van der Waals surface area contributed by atoms with E-state index in [9.17, 15) is 14.9 Å². The molecule has 0 spiro atoms. The first-order valence-electron chi connectivity index (χ1n) is 8.40. The number of benzene rings is 2. The number of nitro groups is 1. The van der Waals surface area contributed by atoms with E-state index in [0.717, 1.165) is 24.2 Å². The Morgan fingerprint density at radius 1 is 1.16 bits per heavy atom. The summed E-state index contributed by atoms with van der Waals surface area (Å²) in [4.78, 5) is 22.4. The molecule has 2 aromatic rings. The fourth-order valence-electron chi connectivity index (χ4n) is 2.97. The van der Waals surface area contributed by atoms with Gasteiger partial charge in [0.1, 0.15) is 5.75 Å². The minimum Gasteiger partial charge on any atom is -0.490 e. The molecule has 1 N–H and O–H groups in total. The molecular weight excluding hydrogens is 320 g/mol. The molecule has 3 rings (SSSR count). The number of nitrogens with one attached hydrogen (secondary N) is 1. The van der Waals surface area contributed by atoms with Crippen LogP contribution < -0.4 is 10.1 Å². The minimum absolute atomic E-state index is 0.0147. The van der Waals surface area contributed by atoms with Gasteiger partial charge in [0.05, 0.1) is 17.4 Å². The third kappa shape index (κ3) is 4.79. The smallest absolute Gasteiger partial charge is 0.269 e. The van der Waals surface area contributed by atoms with Gasteiger partial charge in [0, 0.05) is 23.9 Å². The first-order valence-corrected chi connectivity index (χ1v) is 8.40. The van der Waals surface area contributed by atoms with Crippen LogP contribution in [0.4, 0.5) is 11.4 Å². The summed E-state index contributed by atoms with van der Waals surface area (Å²) in [6, 6.07) is 13.4. The Labute approximate surface area is 146 Å². The van der Waals surface area contributed by atoms with E-state index >= 15 is 0 Å². The Hall–Kier alpha value is -2.89. The lowest BCUT2D eigenvalue weighted by Gasteiger charge is -2.14. The van der Waals surface area contributed by atoms with Gasteiger partial charge < -0.3 is 10.1 Å². The molecule has 0 atom stereocenters. The van der Waals surface area contributed by atoms with Gasteiger partial charge in [0.2, 0.25) is 5.91 Å². The molecule has 1 fully saturated rings. The van der Waals surface area contributed by atoms with Crippen molar-refractivity contribution < 1.29 is 14.5 Å². The highest BCUT2D eigenvalue weighted by molar-refractivity contribution is 5.92. The number of carbonyl (C=O) groups excluding carboxylic acids is 1. The summed E-state index contributed by atoms with van der Waals surface area (Å²) in [7, 11) is 0. The highest BCUT2D eigenvalue weighted by atomic mass is 16.6. The maximum atomic E-state index is 12.2. The predicted octanol–water partition coefficient (Wildman–Crippen LogP) is 4.10. The molecule has 0 heterocycles. The molecule has 130 valence electrons. The van der Waals surface area contributed by atoms with Gasteiger partial charge in [-0.05, 0) is 43.4 Å². The Morgan fingerprint density at radius 2 is 1.88 bits per heavy atom. The average Bonchev–Trinajstić information content (AvgIpc) is 3.08. The Bertz CT molecular complexity index is 752. The standard InChI is InChI=1S/C19H20N2O4/c22-19(12-14-8-10-16(11-9-14)21(23)24)20-15-4-3-7-18(13-15)25-17-5-1-2-6-17/h3-4,7-11,13,17H,1-2,5-6,12H2,(H,20,22). The van der Waals surface area contributed by atoms with Gasteiger partial charge in [-0.2, -0.15) is 0 Å². The topological polar surface area (TPSA) is 81.5 Å². The van der Waals surface area contributed by atoms with Gasteiger partial charge in [-0.25, -0.2) is 0 Å². The van der Waals surface area contributed by atoms with Crippen molar-refractivity contribution in [2.75, 3.05) is 5.32 Å². The number of carbonyl (C=O) groups is 1. The van der Waals surface area contributed by atoms with E-state index in [0.29, 0.717) is 5.69 Å². The van der Waals surface area contributed by atoms with E-state index in [4.69, 9.17) is 4.74 Å². The van der Waals surface area contributed by atoms with Crippen molar-refractivity contribution >= 4 is 17.3 Å². The van der Waals surface area contributed by atoms with Crippen LogP contribution in [0.1, 0.15) is 31.2 Å². The number of anilines is 1. The molecule has 6 nitrogen and oxygen atoms in total. The fourth-order valence-corrected chi connectivity index (χ4v) is 2.97. The zero-order valence-corrected chi connectivity index (χ0v) is 13.8. The number of nitro benzene ring substituents is 1. The van der Waals surface area contributed by atoms with E-state index < -0.39 is 4.92 Å². The Kier molecular flexibility index (Phi) is 5.28. The number of hydrogen-bond acceptors (Lipinski definition) is 4. The zero-order valence-electron chi connectivity index (χ0n) is 13.8. The number of non-ortho nitro benzene ring substituents is 1. The second-order valence-corrected chi connectivity index (χ2v) is 6.20. The van der Waals surface area contributed by atoms with Crippen LogP contribution in [0.2, 0.25) is 0 Å². The maximum absolute atomic E-state index is 12.2. The Balaban J connectivity index is 1.57. The summed E-state index contributed by atoms with van der Waals surface area (Å²) in [5, 5.41) is 13.5. The van der Waals surface area contributed by atoms with Gasteiger partial charge in [-0.3, -0.25) is 14.9 Å². The van der Waals surface area contributed by atoms with Crippen LogP contribution in [0.3, 0.4) is 0 Å². The predicted molar refractivity (Wildman–Crippen MR) is 94.8 cm³/mol. The van der Waals surface area contributed by atoms with Crippen molar-refractivity contribution in [3.05, 3.63) is 64.2 Å². The van der Waals surface area contributed by atoms with E-state index in [-0.39, 0.29) is 24.1 Å². The average molecular weight is 340 g/mol. The molecule has 2 aromatic carbocycles. The van der Waals surface area contributed by atoms with Gasteiger partial charge >= 0.3 is 0 Å². The largest absolute Gasteiger partial charge is 0.490 e. The maximum Gasteiger partial charge on any atom is 0.269 e. The third-order valence-corrected chi connectivity index (χ3v) is 4.23. The zero-order chi connectivity index (χ0) is 17.6. The molecular formula is C19H20N2O4. The molecule has 25 heavy (non-hydrogen) atoms. The van der Waals surface area contributed by atoms with Crippen LogP contribution in [-0.2, 0) is 11.2 Å². The summed E-state index contributed by atoms with van der Waals surface area (Å²) in [5.41, 5.74) is 1.42. The van der Waals surface area contributed by atoms with Crippen molar-refractivity contribution in [2.24, 2.45) is 0 Å². The van der Waals surface area contributed by atoms with Gasteiger partial charge in [0.25, 0.3) is 5.69 Å². The molecule has 6 heteroatoms. The quantitative estimate of drug-likeness (QED) is 0.634. The van der Waals surface area contributed by atoms with Crippen LogP contribution in [0.25, 0.3) is 0 Å². The van der Waals surface area contributed by atoms with Crippen LogP contribution in [0.5, 0.6) is 5.75 Å². The normalized spacial score (nSPS) is 14.2. The molecule has 0 radical (unpaired) electrons. The summed E-state index contributed by atoms with van der Waals surface area (Å²) >= 11 is 0. The van der Waals surface area contributed by atoms with Crippen LogP contribution >= 0.6 is 0 Å². The van der Waals surface area contributed by atoms with Crippen LogP contribution in [0.15, 0.2) is 48.5 Å². The number of hydrogen-bond donors (Lipinski definition) is 1. The molecule has 0 unspecified atom stereocenters. The molecule has 1 aliphatic rings. The first kappa shape index (κ1) is 17.0. The van der Waals surface area contributed by atoms with Gasteiger partial charge in [-0.1, -0.05) is 18.2 Å². The lowest BCUT2D eigenvalue weighted by molar-refractivity contribution is -0.384. The molecule has 1 amide bonds. The van der Waals surface area contributed by atoms with Gasteiger partial charge in [0.15, 0.2) is 0 Å². The highest BCUT2D eigenvalue weighted by Gasteiger charge is 2.16. The molecule has 0 saturated heterocycles. The lowest BCUT2D eigenvalue weighted by atomic mass is 10.1. The van der Waals surface area contributed by atoms with Crippen molar-refractivity contribution in [3.63, 3.8) is 0 Å². The second-order valence-electron chi connectivity index (χ2n) is 6.20. The molecule has 0 bridgehead atoms. The van der Waals surface area contributed by atoms with Crippen molar-refractivity contribution in [1.29, 1.82) is 0 Å². The van der Waals surface area contributed by atoms with Crippen LogP contribution in [0, 0.1) is 10.1 Å². The molecule has 0 aromatic heterocycles. The van der Waals surface area contributed by atoms with Crippen molar-refractivity contribution in [3.8, 4) is 5.75 Å². The fraction of sp³-hybridized carbons (Fsp3) is 0.316. The highest BCUT2D eigenvalue weighted by Crippen LogP contribution is 2.25. The number of nitrogens with zero attached hydrogens (tertiary/aromatic N) is 1. The SMILES string of the molecule is O=C(Cc1ccc([N+](=O)[O-])cc1)Nc1cccc(OC2CCCC2)c1. The summed E-state index contributed by atoms with van der Waals surface area (Å²) in [6.45, 7) is 0. The molecule has 0 aliphatic heterocycles. The van der Waals surface area contributed by atoms with E-state index in [1.807, 2.05) is 24.3 Å².